The number of halogens is 2. The third kappa shape index (κ3) is 6.03. The first-order chi connectivity index (χ1) is 11.6. The van der Waals surface area contributed by atoms with Crippen molar-refractivity contribution < 1.29 is 28.2 Å². The van der Waals surface area contributed by atoms with Gasteiger partial charge in [0, 0.05) is 38.3 Å². The van der Waals surface area contributed by atoms with Crippen LogP contribution in [0, 0.1) is 11.6 Å². The van der Waals surface area contributed by atoms with Gasteiger partial charge in [0.15, 0.2) is 16.7 Å². The zero-order valence-corrected chi connectivity index (χ0v) is 14.6. The minimum atomic E-state index is -1.36. The quantitative estimate of drug-likeness (QED) is 0.531. The maximum atomic E-state index is 13.4. The standard InChI is InChI=1S/C14H18F2N4O4S/c1-19(2)11(21)4-5-20(14(22)23)18-13(25)17-8-6-9(15)12(16)10(7-8)24-3/h6-7H,4-5H2,1-3H3,(H,22,23)(H2,17,18,25). The van der Waals surface area contributed by atoms with Crippen LogP contribution >= 0.6 is 12.2 Å². The van der Waals surface area contributed by atoms with E-state index in [9.17, 15) is 18.4 Å². The van der Waals surface area contributed by atoms with Gasteiger partial charge in [0.2, 0.25) is 11.7 Å². The van der Waals surface area contributed by atoms with Crippen molar-refractivity contribution in [1.29, 1.82) is 0 Å². The van der Waals surface area contributed by atoms with Gasteiger partial charge < -0.3 is 20.1 Å². The third-order valence-corrected chi connectivity index (χ3v) is 3.18. The molecule has 0 atom stereocenters. The molecule has 0 aromatic heterocycles. The van der Waals surface area contributed by atoms with Crippen molar-refractivity contribution in [3.05, 3.63) is 23.8 Å². The first-order valence-corrected chi connectivity index (χ1v) is 7.37. The van der Waals surface area contributed by atoms with E-state index in [1.54, 1.807) is 14.1 Å². The number of hydrogen-bond acceptors (Lipinski definition) is 4. The number of anilines is 1. The van der Waals surface area contributed by atoms with E-state index in [-0.39, 0.29) is 35.4 Å². The second-order valence-corrected chi connectivity index (χ2v) is 5.42. The lowest BCUT2D eigenvalue weighted by Gasteiger charge is -2.22. The average molecular weight is 376 g/mol. The fourth-order valence-corrected chi connectivity index (χ4v) is 1.92. The number of rotatable bonds is 5. The van der Waals surface area contributed by atoms with Crippen LogP contribution in [0.3, 0.4) is 0 Å². The van der Waals surface area contributed by atoms with Gasteiger partial charge in [-0.05, 0) is 12.2 Å². The summed E-state index contributed by atoms with van der Waals surface area (Å²) in [5.41, 5.74) is 2.42. The van der Waals surface area contributed by atoms with Crippen LogP contribution in [0.1, 0.15) is 6.42 Å². The van der Waals surface area contributed by atoms with Crippen LogP contribution in [-0.2, 0) is 4.79 Å². The Bertz CT molecular complexity index is 672. The molecule has 0 heterocycles. The Morgan fingerprint density at radius 3 is 2.48 bits per heavy atom. The summed E-state index contributed by atoms with van der Waals surface area (Å²) < 4.78 is 31.5. The lowest BCUT2D eigenvalue weighted by molar-refractivity contribution is -0.128. The normalized spacial score (nSPS) is 9.96. The molecule has 0 saturated heterocycles. The molecule has 2 amide bonds. The fourth-order valence-electron chi connectivity index (χ4n) is 1.70. The van der Waals surface area contributed by atoms with Gasteiger partial charge in [-0.15, -0.1) is 0 Å². The summed E-state index contributed by atoms with van der Waals surface area (Å²) in [5, 5.41) is 12.2. The Labute approximate surface area is 148 Å². The highest BCUT2D eigenvalue weighted by Gasteiger charge is 2.17. The highest BCUT2D eigenvalue weighted by Crippen LogP contribution is 2.24. The van der Waals surface area contributed by atoms with Crippen LogP contribution in [0.2, 0.25) is 0 Å². The molecule has 138 valence electrons. The van der Waals surface area contributed by atoms with Gasteiger partial charge in [0.1, 0.15) is 0 Å². The number of hydrazine groups is 1. The van der Waals surface area contributed by atoms with Gasteiger partial charge >= 0.3 is 6.09 Å². The van der Waals surface area contributed by atoms with Gasteiger partial charge in [-0.3, -0.25) is 10.2 Å². The molecular formula is C14H18F2N4O4S. The number of benzene rings is 1. The number of methoxy groups -OCH3 is 1. The van der Waals surface area contributed by atoms with Crippen molar-refractivity contribution in [2.75, 3.05) is 33.1 Å². The first-order valence-electron chi connectivity index (χ1n) is 6.97. The van der Waals surface area contributed by atoms with Crippen molar-refractivity contribution >= 4 is 35.0 Å². The van der Waals surface area contributed by atoms with Crippen LogP contribution in [0.4, 0.5) is 19.3 Å². The van der Waals surface area contributed by atoms with Crippen LogP contribution in [0.15, 0.2) is 12.1 Å². The van der Waals surface area contributed by atoms with E-state index in [1.807, 2.05) is 0 Å². The van der Waals surface area contributed by atoms with Crippen molar-refractivity contribution in [3.63, 3.8) is 0 Å². The highest BCUT2D eigenvalue weighted by atomic mass is 32.1. The Morgan fingerprint density at radius 1 is 1.32 bits per heavy atom. The molecule has 0 saturated carbocycles. The average Bonchev–Trinajstić information content (AvgIpc) is 2.53. The zero-order valence-electron chi connectivity index (χ0n) is 13.8. The molecule has 25 heavy (non-hydrogen) atoms. The molecule has 1 aromatic carbocycles. The molecule has 0 spiro atoms. The fraction of sp³-hybridized carbons (Fsp3) is 0.357. The summed E-state index contributed by atoms with van der Waals surface area (Å²) in [7, 11) is 4.26. The maximum Gasteiger partial charge on any atom is 0.426 e. The number of ether oxygens (including phenoxy) is 1. The lowest BCUT2D eigenvalue weighted by atomic mass is 10.2. The molecule has 0 aliphatic carbocycles. The second kappa shape index (κ2) is 8.97. The predicted molar refractivity (Wildman–Crippen MR) is 90.3 cm³/mol. The van der Waals surface area contributed by atoms with E-state index in [0.29, 0.717) is 5.01 Å². The van der Waals surface area contributed by atoms with Gasteiger partial charge in [-0.2, -0.15) is 4.39 Å². The SMILES string of the molecule is COc1cc(NC(=S)NN(CCC(=O)N(C)C)C(=O)O)cc(F)c1F. The van der Waals surface area contributed by atoms with Crippen molar-refractivity contribution in [2.45, 2.75) is 6.42 Å². The molecule has 0 radical (unpaired) electrons. The van der Waals surface area contributed by atoms with Gasteiger partial charge in [-0.25, -0.2) is 14.2 Å². The third-order valence-electron chi connectivity index (χ3n) is 2.99. The maximum absolute atomic E-state index is 13.4. The lowest BCUT2D eigenvalue weighted by Crippen LogP contribution is -2.48. The summed E-state index contributed by atoms with van der Waals surface area (Å²) in [6.07, 6.45) is -1.42. The van der Waals surface area contributed by atoms with Gasteiger partial charge in [-0.1, -0.05) is 0 Å². The van der Waals surface area contributed by atoms with Gasteiger partial charge in [0.25, 0.3) is 0 Å². The topological polar surface area (TPSA) is 94.1 Å². The predicted octanol–water partition coefficient (Wildman–Crippen LogP) is 1.63. The van der Waals surface area contributed by atoms with E-state index in [2.05, 4.69) is 15.5 Å². The number of amides is 2. The molecule has 0 aliphatic heterocycles. The van der Waals surface area contributed by atoms with Crippen molar-refractivity contribution in [1.82, 2.24) is 15.3 Å². The number of carboxylic acid groups (broad SMARTS) is 1. The number of hydrogen-bond donors (Lipinski definition) is 3. The van der Waals surface area contributed by atoms with Crippen molar-refractivity contribution in [3.8, 4) is 5.75 Å². The second-order valence-electron chi connectivity index (χ2n) is 5.01. The number of carbonyl (C=O) groups is 2. The van der Waals surface area contributed by atoms with Crippen LogP contribution in [-0.4, -0.2) is 59.9 Å². The summed E-state index contributed by atoms with van der Waals surface area (Å²) in [4.78, 5) is 24.0. The number of nitrogens with zero attached hydrogens (tertiary/aromatic N) is 2. The minimum Gasteiger partial charge on any atom is -0.493 e. The van der Waals surface area contributed by atoms with Gasteiger partial charge in [0.05, 0.1) is 13.7 Å². The summed E-state index contributed by atoms with van der Waals surface area (Å²) in [6.45, 7) is -0.157. The Balaban J connectivity index is 2.74. The molecule has 1 aromatic rings. The largest absolute Gasteiger partial charge is 0.493 e. The molecule has 11 heteroatoms. The van der Waals surface area contributed by atoms with E-state index in [0.717, 1.165) is 12.1 Å². The summed E-state index contributed by atoms with van der Waals surface area (Å²) in [5.74, 6) is -2.91. The van der Waals surface area contributed by atoms with Crippen LogP contribution in [0.5, 0.6) is 5.75 Å². The molecular weight excluding hydrogens is 358 g/mol. The van der Waals surface area contributed by atoms with Crippen LogP contribution < -0.4 is 15.5 Å². The number of carbonyl (C=O) groups excluding carboxylic acids is 1. The number of nitrogens with one attached hydrogen (secondary N) is 2. The highest BCUT2D eigenvalue weighted by molar-refractivity contribution is 7.80. The molecule has 1 rings (SSSR count). The molecule has 0 bridgehead atoms. The molecule has 0 aliphatic rings. The van der Waals surface area contributed by atoms with E-state index in [1.165, 1.54) is 12.0 Å². The molecule has 0 fully saturated rings. The molecule has 3 N–H and O–H groups in total. The Hall–Kier alpha value is -2.69. The van der Waals surface area contributed by atoms with Crippen molar-refractivity contribution in [2.24, 2.45) is 0 Å². The smallest absolute Gasteiger partial charge is 0.426 e. The Kier molecular flexibility index (Phi) is 7.30. The first kappa shape index (κ1) is 20.4. The summed E-state index contributed by atoms with van der Waals surface area (Å²) in [6, 6.07) is 2.00. The van der Waals surface area contributed by atoms with E-state index < -0.39 is 17.7 Å². The minimum absolute atomic E-state index is 0.0583. The number of thiocarbonyl (C=S) groups is 1. The zero-order chi connectivity index (χ0) is 19.1. The molecule has 0 unspecified atom stereocenters. The Morgan fingerprint density at radius 2 is 1.96 bits per heavy atom. The molecule has 8 nitrogen and oxygen atoms in total. The monoisotopic (exact) mass is 376 g/mol. The summed E-state index contributed by atoms with van der Waals surface area (Å²) >= 11 is 4.94. The van der Waals surface area contributed by atoms with E-state index in [4.69, 9.17) is 17.3 Å². The van der Waals surface area contributed by atoms with E-state index >= 15 is 0 Å². The van der Waals surface area contributed by atoms with Crippen LogP contribution in [0.25, 0.3) is 0 Å².